The van der Waals surface area contributed by atoms with E-state index in [1.807, 2.05) is 0 Å². The van der Waals surface area contributed by atoms with Gasteiger partial charge in [-0.3, -0.25) is 4.21 Å². The van der Waals surface area contributed by atoms with Gasteiger partial charge in [0, 0.05) is 28.9 Å². The first-order valence-corrected chi connectivity index (χ1v) is 8.17. The summed E-state index contributed by atoms with van der Waals surface area (Å²) in [7, 11) is 0.899. The molecule has 1 aliphatic carbocycles. The van der Waals surface area contributed by atoms with E-state index in [-0.39, 0.29) is 0 Å². The van der Waals surface area contributed by atoms with Gasteiger partial charge in [0.05, 0.1) is 6.61 Å². The smallest absolute Gasteiger partial charge is 0.0577 e. The highest BCUT2D eigenvalue weighted by molar-refractivity contribution is 7.85. The summed E-state index contributed by atoms with van der Waals surface area (Å²) in [4.78, 5) is 0. The molecule has 0 aliphatic heterocycles. The summed E-state index contributed by atoms with van der Waals surface area (Å²) in [6, 6.07) is 0. The molecule has 102 valence electrons. The molecule has 4 heteroatoms. The Morgan fingerprint density at radius 2 is 2.18 bits per heavy atom. The molecule has 1 saturated carbocycles. The van der Waals surface area contributed by atoms with Gasteiger partial charge in [0.1, 0.15) is 0 Å². The first kappa shape index (κ1) is 15.1. The molecule has 0 saturated heterocycles. The third-order valence-corrected chi connectivity index (χ3v) is 5.68. The molecule has 1 aliphatic rings. The van der Waals surface area contributed by atoms with E-state index in [1.54, 1.807) is 7.11 Å². The van der Waals surface area contributed by atoms with Crippen LogP contribution >= 0.6 is 0 Å². The second kappa shape index (κ2) is 8.22. The fourth-order valence-corrected chi connectivity index (χ4v) is 4.65. The van der Waals surface area contributed by atoms with Gasteiger partial charge in [-0.15, -0.1) is 0 Å². The highest BCUT2D eigenvalue weighted by atomic mass is 32.2. The molecule has 17 heavy (non-hydrogen) atoms. The van der Waals surface area contributed by atoms with Crippen LogP contribution in [0.1, 0.15) is 39.0 Å². The maximum Gasteiger partial charge on any atom is 0.0577 e. The molecule has 0 aromatic carbocycles. The van der Waals surface area contributed by atoms with Crippen LogP contribution in [0.3, 0.4) is 0 Å². The van der Waals surface area contributed by atoms with Crippen LogP contribution < -0.4 is 5.73 Å². The molecule has 0 spiro atoms. The first-order chi connectivity index (χ1) is 8.22. The van der Waals surface area contributed by atoms with Crippen molar-refractivity contribution in [2.75, 3.05) is 26.0 Å². The monoisotopic (exact) mass is 261 g/mol. The Morgan fingerprint density at radius 3 is 2.76 bits per heavy atom. The van der Waals surface area contributed by atoms with Crippen molar-refractivity contribution in [1.29, 1.82) is 0 Å². The summed E-state index contributed by atoms with van der Waals surface area (Å²) in [5, 5.41) is 0.306. The molecule has 0 heterocycles. The molecule has 3 nitrogen and oxygen atoms in total. The van der Waals surface area contributed by atoms with E-state index in [1.165, 1.54) is 19.3 Å². The molecule has 0 bridgehead atoms. The third kappa shape index (κ3) is 4.68. The minimum absolute atomic E-state index is 0.306. The van der Waals surface area contributed by atoms with E-state index >= 15 is 0 Å². The van der Waals surface area contributed by atoms with Gasteiger partial charge in [-0.05, 0) is 31.2 Å². The predicted octanol–water partition coefficient (Wildman–Crippen LogP) is 1.93. The van der Waals surface area contributed by atoms with E-state index in [4.69, 9.17) is 10.5 Å². The van der Waals surface area contributed by atoms with Gasteiger partial charge in [-0.1, -0.05) is 26.2 Å². The third-order valence-electron chi connectivity index (χ3n) is 3.86. The minimum Gasteiger partial charge on any atom is -0.384 e. The summed E-state index contributed by atoms with van der Waals surface area (Å²) >= 11 is 0. The quantitative estimate of drug-likeness (QED) is 0.762. The van der Waals surface area contributed by atoms with Crippen LogP contribution in [0.5, 0.6) is 0 Å². The van der Waals surface area contributed by atoms with Gasteiger partial charge in [-0.2, -0.15) is 0 Å². The number of hydrogen-bond donors (Lipinski definition) is 1. The fraction of sp³-hybridized carbons (Fsp3) is 1.00. The molecule has 0 radical (unpaired) electrons. The molecule has 0 amide bonds. The lowest BCUT2D eigenvalue weighted by Gasteiger charge is -2.35. The summed E-state index contributed by atoms with van der Waals surface area (Å²) in [5.74, 6) is 1.89. The molecular weight excluding hydrogens is 234 g/mol. The molecular formula is C13H27NO2S. The van der Waals surface area contributed by atoms with Crippen molar-refractivity contribution >= 4 is 10.8 Å². The van der Waals surface area contributed by atoms with E-state index in [0.29, 0.717) is 30.1 Å². The number of rotatable bonds is 7. The van der Waals surface area contributed by atoms with Gasteiger partial charge in [0.25, 0.3) is 0 Å². The van der Waals surface area contributed by atoms with E-state index in [0.717, 1.165) is 18.8 Å². The Labute approximate surface area is 108 Å². The van der Waals surface area contributed by atoms with Gasteiger partial charge in [-0.25, -0.2) is 0 Å². The largest absolute Gasteiger partial charge is 0.384 e. The van der Waals surface area contributed by atoms with Gasteiger partial charge in [0.2, 0.25) is 0 Å². The molecule has 0 aromatic rings. The average Bonchev–Trinajstić information content (AvgIpc) is 2.36. The van der Waals surface area contributed by atoms with Crippen LogP contribution in [0.4, 0.5) is 0 Å². The van der Waals surface area contributed by atoms with Crippen LogP contribution in [0.15, 0.2) is 0 Å². The normalized spacial score (nSPS) is 31.4. The topological polar surface area (TPSA) is 52.3 Å². The van der Waals surface area contributed by atoms with Crippen molar-refractivity contribution in [2.24, 2.45) is 17.6 Å². The zero-order valence-corrected chi connectivity index (χ0v) is 12.0. The Bertz CT molecular complexity index is 235. The lowest BCUT2D eigenvalue weighted by atomic mass is 9.80. The first-order valence-electron chi connectivity index (χ1n) is 6.79. The lowest BCUT2D eigenvalue weighted by Crippen LogP contribution is -2.38. The second-order valence-electron chi connectivity index (χ2n) is 5.08. The minimum atomic E-state index is -0.766. The lowest BCUT2D eigenvalue weighted by molar-refractivity contribution is 0.216. The van der Waals surface area contributed by atoms with Crippen molar-refractivity contribution in [3.8, 4) is 0 Å². The highest BCUT2D eigenvalue weighted by Gasteiger charge is 2.32. The van der Waals surface area contributed by atoms with Crippen LogP contribution in [0, 0.1) is 11.8 Å². The Balaban J connectivity index is 2.52. The maximum atomic E-state index is 12.3. The molecule has 0 aromatic heterocycles. The fourth-order valence-electron chi connectivity index (χ4n) is 2.85. The van der Waals surface area contributed by atoms with Gasteiger partial charge in [0.15, 0.2) is 0 Å². The zero-order valence-electron chi connectivity index (χ0n) is 11.2. The van der Waals surface area contributed by atoms with E-state index in [9.17, 15) is 4.21 Å². The van der Waals surface area contributed by atoms with Crippen molar-refractivity contribution in [1.82, 2.24) is 0 Å². The summed E-state index contributed by atoms with van der Waals surface area (Å²) < 4.78 is 17.3. The predicted molar refractivity (Wildman–Crippen MR) is 73.5 cm³/mol. The average molecular weight is 261 g/mol. The molecule has 4 atom stereocenters. The highest BCUT2D eigenvalue weighted by Crippen LogP contribution is 2.34. The molecule has 1 rings (SSSR count). The second-order valence-corrected chi connectivity index (χ2v) is 6.85. The van der Waals surface area contributed by atoms with E-state index in [2.05, 4.69) is 6.92 Å². The van der Waals surface area contributed by atoms with Crippen molar-refractivity contribution < 1.29 is 8.95 Å². The summed E-state index contributed by atoms with van der Waals surface area (Å²) in [6.07, 6.45) is 6.04. The Kier molecular flexibility index (Phi) is 7.32. The molecule has 1 fully saturated rings. The SMILES string of the molecule is CCCC1CCC(CN)C(S(=O)CCOC)C1. The van der Waals surface area contributed by atoms with Crippen LogP contribution in [0.25, 0.3) is 0 Å². The van der Waals surface area contributed by atoms with Crippen molar-refractivity contribution in [3.63, 3.8) is 0 Å². The zero-order chi connectivity index (χ0) is 12.7. The van der Waals surface area contributed by atoms with Crippen LogP contribution in [-0.4, -0.2) is 35.5 Å². The van der Waals surface area contributed by atoms with Gasteiger partial charge < -0.3 is 10.5 Å². The maximum absolute atomic E-state index is 12.3. The molecule has 4 unspecified atom stereocenters. The number of ether oxygens (including phenoxy) is 1. The Morgan fingerprint density at radius 1 is 1.41 bits per heavy atom. The van der Waals surface area contributed by atoms with Crippen molar-refractivity contribution in [3.05, 3.63) is 0 Å². The number of nitrogens with two attached hydrogens (primary N) is 1. The number of methoxy groups -OCH3 is 1. The van der Waals surface area contributed by atoms with Crippen LogP contribution in [-0.2, 0) is 15.5 Å². The van der Waals surface area contributed by atoms with Gasteiger partial charge >= 0.3 is 0 Å². The number of hydrogen-bond acceptors (Lipinski definition) is 3. The van der Waals surface area contributed by atoms with Crippen molar-refractivity contribution in [2.45, 2.75) is 44.3 Å². The summed E-state index contributed by atoms with van der Waals surface area (Å²) in [5.41, 5.74) is 5.81. The standard InChI is InChI=1S/C13H27NO2S/c1-3-4-11-5-6-12(10-14)13(9-11)17(15)8-7-16-2/h11-13H,3-10,14H2,1-2H3. The van der Waals surface area contributed by atoms with Crippen LogP contribution in [0.2, 0.25) is 0 Å². The van der Waals surface area contributed by atoms with E-state index < -0.39 is 10.8 Å². The summed E-state index contributed by atoms with van der Waals surface area (Å²) in [6.45, 7) is 3.51. The molecule has 2 N–H and O–H groups in total. The Hall–Kier alpha value is 0.0700.